The predicted molar refractivity (Wildman–Crippen MR) is 174 cm³/mol. The van der Waals surface area contributed by atoms with E-state index in [4.69, 9.17) is 37.4 Å². The molecule has 0 aromatic heterocycles. The van der Waals surface area contributed by atoms with E-state index >= 15 is 0 Å². The summed E-state index contributed by atoms with van der Waals surface area (Å²) in [6.45, 7) is 0.667. The number of rotatable bonds is 10. The fraction of sp³-hybridized carbons (Fsp3) is 0.0968. The van der Waals surface area contributed by atoms with Crippen molar-refractivity contribution in [2.75, 3.05) is 12.4 Å². The molecule has 0 aliphatic carbocycles. The summed E-state index contributed by atoms with van der Waals surface area (Å²) in [5.41, 5.74) is 2.95. The van der Waals surface area contributed by atoms with Gasteiger partial charge in [0.15, 0.2) is 11.5 Å². The maximum Gasteiger partial charge on any atom is 0.266 e. The Hall–Kier alpha value is -3.23. The molecule has 0 spiro atoms. The fourth-order valence-corrected chi connectivity index (χ4v) is 5.01. The molecule has 208 valence electrons. The third kappa shape index (κ3) is 8.63. The van der Waals surface area contributed by atoms with Crippen molar-refractivity contribution in [2.24, 2.45) is 0 Å². The summed E-state index contributed by atoms with van der Waals surface area (Å²) in [7, 11) is 1.52. The molecular formula is C31H22BrCl2IN2O4. The first-order valence-corrected chi connectivity index (χ1v) is 14.7. The van der Waals surface area contributed by atoms with Crippen LogP contribution in [0.25, 0.3) is 6.08 Å². The smallest absolute Gasteiger partial charge is 0.266 e. The van der Waals surface area contributed by atoms with E-state index in [0.717, 1.165) is 19.2 Å². The molecule has 0 bridgehead atoms. The molecule has 0 aliphatic rings. The van der Waals surface area contributed by atoms with E-state index in [2.05, 4.69) is 43.8 Å². The van der Waals surface area contributed by atoms with E-state index in [0.29, 0.717) is 45.2 Å². The van der Waals surface area contributed by atoms with E-state index in [1.165, 1.54) is 13.2 Å². The molecule has 0 heterocycles. The van der Waals surface area contributed by atoms with Gasteiger partial charge in [0.1, 0.15) is 30.6 Å². The van der Waals surface area contributed by atoms with Crippen LogP contribution in [-0.2, 0) is 18.0 Å². The number of halogens is 4. The Balaban J connectivity index is 1.41. The van der Waals surface area contributed by atoms with Gasteiger partial charge in [0.2, 0.25) is 0 Å². The summed E-state index contributed by atoms with van der Waals surface area (Å²) >= 11 is 17.6. The number of carbonyl (C=O) groups is 1. The highest BCUT2D eigenvalue weighted by molar-refractivity contribution is 14.1. The minimum absolute atomic E-state index is 0.0668. The molecule has 0 saturated carbocycles. The quantitative estimate of drug-likeness (QED) is 0.0991. The van der Waals surface area contributed by atoms with E-state index in [-0.39, 0.29) is 12.2 Å². The number of hydrogen-bond donors (Lipinski definition) is 1. The highest BCUT2D eigenvalue weighted by Crippen LogP contribution is 2.35. The lowest BCUT2D eigenvalue weighted by Gasteiger charge is -2.14. The molecule has 4 rings (SSSR count). The number of amides is 1. The number of hydrogen-bond acceptors (Lipinski definition) is 5. The lowest BCUT2D eigenvalue weighted by Crippen LogP contribution is -2.13. The number of nitriles is 1. The van der Waals surface area contributed by atoms with Crippen LogP contribution in [0.4, 0.5) is 5.69 Å². The van der Waals surface area contributed by atoms with Gasteiger partial charge in [-0.05, 0) is 106 Å². The second-order valence-corrected chi connectivity index (χ2v) is 11.5. The maximum atomic E-state index is 12.9. The van der Waals surface area contributed by atoms with Crippen LogP contribution in [0, 0.1) is 14.9 Å². The number of nitrogens with one attached hydrogen (secondary N) is 1. The van der Waals surface area contributed by atoms with Crippen molar-refractivity contribution >= 4 is 79.4 Å². The third-order valence-electron chi connectivity index (χ3n) is 5.73. The summed E-state index contributed by atoms with van der Waals surface area (Å²) in [4.78, 5) is 12.9. The molecule has 0 unspecified atom stereocenters. The Labute approximate surface area is 270 Å². The third-order valence-corrected chi connectivity index (χ3v) is 7.79. The van der Waals surface area contributed by atoms with Crippen molar-refractivity contribution in [3.05, 3.63) is 119 Å². The number of benzene rings is 4. The van der Waals surface area contributed by atoms with Crippen LogP contribution in [0.15, 0.2) is 88.9 Å². The number of anilines is 1. The molecule has 10 heteroatoms. The largest absolute Gasteiger partial charge is 0.493 e. The second kappa shape index (κ2) is 14.6. The van der Waals surface area contributed by atoms with Crippen LogP contribution in [0.5, 0.6) is 17.2 Å². The average molecular weight is 764 g/mol. The molecule has 4 aromatic carbocycles. The molecule has 6 nitrogen and oxygen atoms in total. The Morgan fingerprint density at radius 1 is 0.951 bits per heavy atom. The predicted octanol–water partition coefficient (Wildman–Crippen LogP) is 9.07. The monoisotopic (exact) mass is 762 g/mol. The summed E-state index contributed by atoms with van der Waals surface area (Å²) < 4.78 is 19.1. The summed E-state index contributed by atoms with van der Waals surface area (Å²) in [6, 6.07) is 25.6. The molecule has 0 fully saturated rings. The first-order chi connectivity index (χ1) is 19.7. The molecule has 0 aliphatic heterocycles. The minimum atomic E-state index is -0.537. The van der Waals surface area contributed by atoms with Crippen LogP contribution in [-0.4, -0.2) is 13.0 Å². The van der Waals surface area contributed by atoms with Crippen LogP contribution in [0.3, 0.4) is 0 Å². The number of methoxy groups -OCH3 is 1. The summed E-state index contributed by atoms with van der Waals surface area (Å²) in [5.74, 6) is 1.11. The Morgan fingerprint density at radius 2 is 1.63 bits per heavy atom. The van der Waals surface area contributed by atoms with Gasteiger partial charge in [-0.25, -0.2) is 0 Å². The van der Waals surface area contributed by atoms with Gasteiger partial charge in [0, 0.05) is 10.2 Å². The molecule has 0 saturated heterocycles. The van der Waals surface area contributed by atoms with Crippen molar-refractivity contribution < 1.29 is 19.0 Å². The van der Waals surface area contributed by atoms with Crippen molar-refractivity contribution in [1.29, 1.82) is 5.26 Å². The van der Waals surface area contributed by atoms with Gasteiger partial charge in [-0.1, -0.05) is 57.3 Å². The maximum absolute atomic E-state index is 12.9. The van der Waals surface area contributed by atoms with E-state index < -0.39 is 5.91 Å². The summed E-state index contributed by atoms with van der Waals surface area (Å²) in [5, 5.41) is 13.4. The van der Waals surface area contributed by atoms with Crippen molar-refractivity contribution in [2.45, 2.75) is 13.2 Å². The van der Waals surface area contributed by atoms with Gasteiger partial charge < -0.3 is 19.5 Å². The van der Waals surface area contributed by atoms with Gasteiger partial charge in [0.05, 0.1) is 20.7 Å². The van der Waals surface area contributed by atoms with Crippen molar-refractivity contribution in [3.8, 4) is 23.3 Å². The molecule has 1 N–H and O–H groups in total. The van der Waals surface area contributed by atoms with Crippen LogP contribution in [0.2, 0.25) is 10.0 Å². The lowest BCUT2D eigenvalue weighted by atomic mass is 10.1. The average Bonchev–Trinajstić information content (AvgIpc) is 2.97. The van der Waals surface area contributed by atoms with Crippen molar-refractivity contribution in [3.63, 3.8) is 0 Å². The van der Waals surface area contributed by atoms with Gasteiger partial charge in [-0.15, -0.1) is 0 Å². The standard InChI is InChI=1S/C31H22BrCl2IN2O4/c1-39-29-15-21(14-28(35)30(29)41-18-20-4-11-26(33)27(34)13-20)12-22(16-36)31(38)37-24-7-9-25(10-8-24)40-17-19-2-5-23(32)6-3-19/h2-15H,17-18H2,1H3,(H,37,38)/b22-12+. The molecule has 4 aromatic rings. The van der Waals surface area contributed by atoms with Crippen LogP contribution in [0.1, 0.15) is 16.7 Å². The Kier molecular flexibility index (Phi) is 10.9. The van der Waals surface area contributed by atoms with Crippen molar-refractivity contribution in [1.82, 2.24) is 0 Å². The minimum Gasteiger partial charge on any atom is -0.493 e. The molecular weight excluding hydrogens is 742 g/mol. The first kappa shape index (κ1) is 30.7. The van der Waals surface area contributed by atoms with Gasteiger partial charge in [-0.2, -0.15) is 5.26 Å². The van der Waals surface area contributed by atoms with Crippen LogP contribution >= 0.6 is 61.7 Å². The summed E-state index contributed by atoms with van der Waals surface area (Å²) in [6.07, 6.45) is 1.50. The number of carbonyl (C=O) groups excluding carboxylic acids is 1. The lowest BCUT2D eigenvalue weighted by molar-refractivity contribution is -0.112. The Morgan fingerprint density at radius 3 is 2.29 bits per heavy atom. The molecule has 0 atom stereocenters. The molecule has 0 radical (unpaired) electrons. The zero-order chi connectivity index (χ0) is 29.4. The van der Waals surface area contributed by atoms with Crippen LogP contribution < -0.4 is 19.5 Å². The Bertz CT molecular complexity index is 1620. The van der Waals surface area contributed by atoms with E-state index in [9.17, 15) is 10.1 Å². The van der Waals surface area contributed by atoms with Gasteiger partial charge in [0.25, 0.3) is 5.91 Å². The fourth-order valence-electron chi connectivity index (χ4n) is 3.64. The molecule has 1 amide bonds. The highest BCUT2D eigenvalue weighted by Gasteiger charge is 2.15. The van der Waals surface area contributed by atoms with E-state index in [1.807, 2.05) is 36.4 Å². The number of nitrogens with zero attached hydrogens (tertiary/aromatic N) is 1. The zero-order valence-corrected chi connectivity index (χ0v) is 26.8. The SMILES string of the molecule is COc1cc(/C=C(\C#N)C(=O)Nc2ccc(OCc3ccc(Br)cc3)cc2)cc(I)c1OCc1ccc(Cl)c(Cl)c1. The highest BCUT2D eigenvalue weighted by atomic mass is 127. The second-order valence-electron chi connectivity index (χ2n) is 8.63. The van der Waals surface area contributed by atoms with E-state index in [1.54, 1.807) is 48.5 Å². The van der Waals surface area contributed by atoms with Gasteiger partial charge >= 0.3 is 0 Å². The normalized spacial score (nSPS) is 11.0. The molecule has 41 heavy (non-hydrogen) atoms. The number of ether oxygens (including phenoxy) is 3. The zero-order valence-electron chi connectivity index (χ0n) is 21.6. The first-order valence-electron chi connectivity index (χ1n) is 12.1. The topological polar surface area (TPSA) is 80.6 Å². The van der Waals surface area contributed by atoms with Gasteiger partial charge in [-0.3, -0.25) is 4.79 Å².